The predicted molar refractivity (Wildman–Crippen MR) is 101 cm³/mol. The van der Waals surface area contributed by atoms with E-state index in [-0.39, 0.29) is 5.69 Å². The lowest BCUT2D eigenvalue weighted by Crippen LogP contribution is -2.48. The van der Waals surface area contributed by atoms with Crippen molar-refractivity contribution in [1.29, 1.82) is 0 Å². The first-order chi connectivity index (χ1) is 12.5. The fraction of sp³-hybridized carbons (Fsp3) is 0.389. The van der Waals surface area contributed by atoms with Gasteiger partial charge in [0.05, 0.1) is 9.95 Å². The van der Waals surface area contributed by atoms with Crippen LogP contribution in [0.5, 0.6) is 5.75 Å². The molecule has 1 fully saturated rings. The molecule has 1 saturated heterocycles. The van der Waals surface area contributed by atoms with Crippen LogP contribution in [0.2, 0.25) is 5.02 Å². The van der Waals surface area contributed by atoms with Crippen LogP contribution in [-0.4, -0.2) is 54.1 Å². The maximum atomic E-state index is 10.8. The van der Waals surface area contributed by atoms with Crippen molar-refractivity contribution in [2.24, 2.45) is 0 Å². The molecule has 0 spiro atoms. The summed E-state index contributed by atoms with van der Waals surface area (Å²) < 4.78 is 5.74. The van der Waals surface area contributed by atoms with Crippen LogP contribution in [0.1, 0.15) is 5.56 Å². The molecule has 0 bridgehead atoms. The third-order valence-electron chi connectivity index (χ3n) is 4.42. The molecule has 0 radical (unpaired) electrons. The second-order valence-electron chi connectivity index (χ2n) is 6.20. The van der Waals surface area contributed by atoms with Gasteiger partial charge in [0.15, 0.2) is 0 Å². The minimum absolute atomic E-state index is 0.0293. The van der Waals surface area contributed by atoms with Crippen LogP contribution < -0.4 is 9.64 Å². The molecule has 0 N–H and O–H groups in total. The van der Waals surface area contributed by atoms with E-state index in [2.05, 4.69) is 14.8 Å². The van der Waals surface area contributed by atoms with Crippen LogP contribution in [0.25, 0.3) is 0 Å². The Morgan fingerprint density at radius 1 is 1.27 bits per heavy atom. The number of anilines is 1. The fourth-order valence-electron chi connectivity index (χ4n) is 3.01. The predicted octanol–water partition coefficient (Wildman–Crippen LogP) is 3.15. The lowest BCUT2D eigenvalue weighted by Gasteiger charge is -2.35. The van der Waals surface area contributed by atoms with Gasteiger partial charge < -0.3 is 9.64 Å². The first-order valence-electron chi connectivity index (χ1n) is 8.50. The molecule has 0 atom stereocenters. The Labute approximate surface area is 157 Å². The molecule has 0 saturated carbocycles. The summed E-state index contributed by atoms with van der Waals surface area (Å²) in [5.41, 5.74) is 0.858. The number of benzene rings is 1. The molecule has 0 amide bonds. The van der Waals surface area contributed by atoms with E-state index in [1.165, 1.54) is 6.20 Å². The Bertz CT molecular complexity index is 779. The molecule has 1 aliphatic rings. The molecule has 138 valence electrons. The highest BCUT2D eigenvalue weighted by atomic mass is 35.5. The third kappa shape index (κ3) is 4.42. The highest BCUT2D eigenvalue weighted by molar-refractivity contribution is 6.32. The highest BCUT2D eigenvalue weighted by Gasteiger charge is 2.20. The summed E-state index contributed by atoms with van der Waals surface area (Å²) in [5, 5.41) is 11.5. The van der Waals surface area contributed by atoms with Crippen molar-refractivity contribution in [3.8, 4) is 5.75 Å². The second-order valence-corrected chi connectivity index (χ2v) is 6.61. The smallest absolute Gasteiger partial charge is 0.287 e. The van der Waals surface area contributed by atoms with Gasteiger partial charge in [-0.25, -0.2) is 4.98 Å². The van der Waals surface area contributed by atoms with E-state index in [1.54, 1.807) is 6.07 Å². The number of halogens is 1. The second kappa shape index (κ2) is 8.33. The molecular formula is C18H21ClN4O3. The number of hydrogen-bond donors (Lipinski definition) is 0. The van der Waals surface area contributed by atoms with Crippen molar-refractivity contribution in [2.45, 2.75) is 6.92 Å². The number of aromatic nitrogens is 1. The van der Waals surface area contributed by atoms with Crippen molar-refractivity contribution >= 4 is 23.1 Å². The zero-order valence-corrected chi connectivity index (χ0v) is 15.4. The molecule has 26 heavy (non-hydrogen) atoms. The summed E-state index contributed by atoms with van der Waals surface area (Å²) in [6.07, 6.45) is 1.33. The first-order valence-corrected chi connectivity index (χ1v) is 8.88. The average Bonchev–Trinajstić information content (AvgIpc) is 2.64. The normalized spacial score (nSPS) is 15.1. The van der Waals surface area contributed by atoms with Crippen LogP contribution in [0, 0.1) is 17.0 Å². The van der Waals surface area contributed by atoms with Crippen molar-refractivity contribution in [3.63, 3.8) is 0 Å². The van der Waals surface area contributed by atoms with Gasteiger partial charge >= 0.3 is 0 Å². The Balaban J connectivity index is 1.48. The molecule has 1 aromatic carbocycles. The van der Waals surface area contributed by atoms with Crippen LogP contribution in [-0.2, 0) is 0 Å². The minimum Gasteiger partial charge on any atom is -0.491 e. The van der Waals surface area contributed by atoms with E-state index in [4.69, 9.17) is 16.3 Å². The SMILES string of the molecule is Cc1cc([N+](=O)[O-])cnc1N1CCN(CCOc2ccccc2Cl)CC1. The summed E-state index contributed by atoms with van der Waals surface area (Å²) in [4.78, 5) is 19.2. The number of piperazine rings is 1. The van der Waals surface area contributed by atoms with E-state index in [9.17, 15) is 10.1 Å². The molecule has 1 aromatic heterocycles. The van der Waals surface area contributed by atoms with Gasteiger partial charge in [0, 0.05) is 38.8 Å². The lowest BCUT2D eigenvalue weighted by atomic mass is 10.2. The van der Waals surface area contributed by atoms with Crippen molar-refractivity contribution < 1.29 is 9.66 Å². The molecular weight excluding hydrogens is 356 g/mol. The number of pyridine rings is 1. The quantitative estimate of drug-likeness (QED) is 0.569. The Morgan fingerprint density at radius 2 is 2.00 bits per heavy atom. The van der Waals surface area contributed by atoms with E-state index in [0.717, 1.165) is 44.1 Å². The van der Waals surface area contributed by atoms with Crippen LogP contribution >= 0.6 is 11.6 Å². The van der Waals surface area contributed by atoms with E-state index < -0.39 is 4.92 Å². The van der Waals surface area contributed by atoms with Gasteiger partial charge in [0.2, 0.25) is 0 Å². The number of nitrogens with zero attached hydrogens (tertiary/aromatic N) is 4. The largest absolute Gasteiger partial charge is 0.491 e. The van der Waals surface area contributed by atoms with Gasteiger partial charge in [-0.15, -0.1) is 0 Å². The molecule has 1 aliphatic heterocycles. The maximum absolute atomic E-state index is 10.8. The number of ether oxygens (including phenoxy) is 1. The molecule has 0 aliphatic carbocycles. The molecule has 0 unspecified atom stereocenters. The molecule has 2 heterocycles. The number of para-hydroxylation sites is 1. The summed E-state index contributed by atoms with van der Waals surface area (Å²) in [6, 6.07) is 9.03. The Morgan fingerprint density at radius 3 is 2.65 bits per heavy atom. The lowest BCUT2D eigenvalue weighted by molar-refractivity contribution is -0.385. The zero-order chi connectivity index (χ0) is 18.5. The summed E-state index contributed by atoms with van der Waals surface area (Å²) in [6.45, 7) is 6.72. The number of hydrogen-bond acceptors (Lipinski definition) is 6. The van der Waals surface area contributed by atoms with Gasteiger partial charge in [0.1, 0.15) is 24.4 Å². The monoisotopic (exact) mass is 376 g/mol. The summed E-state index contributed by atoms with van der Waals surface area (Å²) in [5.74, 6) is 1.53. The van der Waals surface area contributed by atoms with Gasteiger partial charge in [-0.05, 0) is 24.6 Å². The average molecular weight is 377 g/mol. The van der Waals surface area contributed by atoms with Crippen molar-refractivity contribution in [2.75, 3.05) is 44.2 Å². The van der Waals surface area contributed by atoms with Gasteiger partial charge in [-0.3, -0.25) is 15.0 Å². The first kappa shape index (κ1) is 18.4. The van der Waals surface area contributed by atoms with E-state index in [1.807, 2.05) is 31.2 Å². The molecule has 3 rings (SSSR count). The van der Waals surface area contributed by atoms with E-state index in [0.29, 0.717) is 17.4 Å². The minimum atomic E-state index is -0.416. The highest BCUT2D eigenvalue weighted by Crippen LogP contribution is 2.24. The maximum Gasteiger partial charge on any atom is 0.287 e. The van der Waals surface area contributed by atoms with Gasteiger partial charge in [0.25, 0.3) is 5.69 Å². The molecule has 7 nitrogen and oxygen atoms in total. The molecule has 2 aromatic rings. The number of aryl methyl sites for hydroxylation is 1. The van der Waals surface area contributed by atoms with Crippen LogP contribution in [0.15, 0.2) is 36.5 Å². The Kier molecular flexibility index (Phi) is 5.90. The van der Waals surface area contributed by atoms with Gasteiger partial charge in [-0.1, -0.05) is 23.7 Å². The summed E-state index contributed by atoms with van der Waals surface area (Å²) >= 11 is 6.08. The van der Waals surface area contributed by atoms with Gasteiger partial charge in [-0.2, -0.15) is 0 Å². The summed E-state index contributed by atoms with van der Waals surface area (Å²) in [7, 11) is 0. The van der Waals surface area contributed by atoms with Crippen molar-refractivity contribution in [3.05, 3.63) is 57.2 Å². The number of rotatable bonds is 6. The zero-order valence-electron chi connectivity index (χ0n) is 14.6. The van der Waals surface area contributed by atoms with Crippen molar-refractivity contribution in [1.82, 2.24) is 9.88 Å². The van der Waals surface area contributed by atoms with E-state index >= 15 is 0 Å². The van der Waals surface area contributed by atoms with Crippen LogP contribution in [0.3, 0.4) is 0 Å². The standard InChI is InChI=1S/C18H21ClN4O3/c1-14-12-15(23(24)25)13-20-18(14)22-8-6-21(7-9-22)10-11-26-17-5-3-2-4-16(17)19/h2-5,12-13H,6-11H2,1H3. The molecule has 8 heteroatoms. The van der Waals surface area contributed by atoms with Crippen LogP contribution in [0.4, 0.5) is 11.5 Å². The Hall–Kier alpha value is -2.38. The fourth-order valence-corrected chi connectivity index (χ4v) is 3.20. The topological polar surface area (TPSA) is 71.7 Å². The third-order valence-corrected chi connectivity index (χ3v) is 4.73. The number of nitro groups is 1.